The molecule has 1 aliphatic heterocycles. The summed E-state index contributed by atoms with van der Waals surface area (Å²) in [6, 6.07) is 22.5. The molecule has 0 radical (unpaired) electrons. The Morgan fingerprint density at radius 2 is 1.77 bits per heavy atom. The molecule has 3 aromatic carbocycles. The number of thioether (sulfide) groups is 1. The number of rotatable bonds is 6. The van der Waals surface area contributed by atoms with Gasteiger partial charge in [-0.25, -0.2) is 4.99 Å². The Balaban J connectivity index is 1.42. The number of amidine groups is 1. The summed E-state index contributed by atoms with van der Waals surface area (Å²) in [4.78, 5) is 17.4. The van der Waals surface area contributed by atoms with Gasteiger partial charge in [-0.1, -0.05) is 48.0 Å². The van der Waals surface area contributed by atoms with Crippen LogP contribution in [0.4, 0.5) is 5.69 Å². The Morgan fingerprint density at radius 3 is 2.52 bits per heavy atom. The predicted octanol–water partition coefficient (Wildman–Crippen LogP) is 5.82. The van der Waals surface area contributed by atoms with Gasteiger partial charge in [0.2, 0.25) is 0 Å². The quantitative estimate of drug-likeness (QED) is 0.481. The molecule has 1 fully saturated rings. The number of para-hydroxylation sites is 2. The first-order valence-corrected chi connectivity index (χ1v) is 10.7. The number of nitrogens with one attached hydrogen (secondary N) is 1. The molecule has 1 heterocycles. The number of aliphatic imine (C=N–C) groups is 1. The molecule has 5 nitrogen and oxygen atoms in total. The molecule has 1 saturated heterocycles. The Bertz CT molecular complexity index is 1140. The van der Waals surface area contributed by atoms with E-state index in [0.717, 1.165) is 16.9 Å². The summed E-state index contributed by atoms with van der Waals surface area (Å²) in [7, 11) is 1.59. The molecule has 1 amide bonds. The van der Waals surface area contributed by atoms with Gasteiger partial charge in [-0.15, -0.1) is 0 Å². The van der Waals surface area contributed by atoms with Crippen LogP contribution in [0.15, 0.2) is 82.7 Å². The molecule has 0 bridgehead atoms. The van der Waals surface area contributed by atoms with E-state index in [4.69, 9.17) is 21.1 Å². The van der Waals surface area contributed by atoms with E-state index in [1.165, 1.54) is 11.8 Å². The molecule has 0 atom stereocenters. The molecule has 0 spiro atoms. The van der Waals surface area contributed by atoms with Gasteiger partial charge in [0.15, 0.2) is 5.17 Å². The molecule has 7 heteroatoms. The molecule has 0 saturated carbocycles. The Morgan fingerprint density at radius 1 is 1.03 bits per heavy atom. The van der Waals surface area contributed by atoms with Crippen LogP contribution in [-0.2, 0) is 11.4 Å². The minimum atomic E-state index is -0.179. The van der Waals surface area contributed by atoms with Crippen molar-refractivity contribution < 1.29 is 14.3 Å². The van der Waals surface area contributed by atoms with Crippen molar-refractivity contribution in [1.29, 1.82) is 0 Å². The fraction of sp³-hybridized carbons (Fsp3) is 0.0833. The molecule has 0 unspecified atom stereocenters. The van der Waals surface area contributed by atoms with Crippen molar-refractivity contribution in [2.24, 2.45) is 4.99 Å². The van der Waals surface area contributed by atoms with Crippen LogP contribution in [0.25, 0.3) is 6.08 Å². The van der Waals surface area contributed by atoms with E-state index in [0.29, 0.717) is 33.1 Å². The molecular formula is C24H19ClN2O3S. The second-order valence-corrected chi connectivity index (χ2v) is 8.10. The van der Waals surface area contributed by atoms with E-state index in [1.54, 1.807) is 7.11 Å². The highest BCUT2D eigenvalue weighted by Gasteiger charge is 2.24. The molecule has 1 aliphatic rings. The van der Waals surface area contributed by atoms with Gasteiger partial charge >= 0.3 is 0 Å². The van der Waals surface area contributed by atoms with E-state index in [-0.39, 0.29) is 5.91 Å². The Kier molecular flexibility index (Phi) is 6.60. The zero-order chi connectivity index (χ0) is 21.6. The number of halogens is 1. The molecule has 0 aromatic heterocycles. The molecule has 3 aromatic rings. The summed E-state index contributed by atoms with van der Waals surface area (Å²) in [6.45, 7) is 0.457. The second-order valence-electron chi connectivity index (χ2n) is 6.64. The first kappa shape index (κ1) is 21.0. The third kappa shape index (κ3) is 5.48. The SMILES string of the molecule is COc1ccccc1N=C1NC(=O)/C(=C/c2ccc(OCc3ccc(Cl)cc3)cc2)S1. The summed E-state index contributed by atoms with van der Waals surface area (Å²) in [5.74, 6) is 1.22. The first-order valence-electron chi connectivity index (χ1n) is 9.50. The van der Waals surface area contributed by atoms with E-state index in [2.05, 4.69) is 10.3 Å². The van der Waals surface area contributed by atoms with Crippen molar-refractivity contribution in [3.63, 3.8) is 0 Å². The van der Waals surface area contributed by atoms with E-state index >= 15 is 0 Å². The van der Waals surface area contributed by atoms with Gasteiger partial charge in [0.25, 0.3) is 5.91 Å². The van der Waals surface area contributed by atoms with Gasteiger partial charge in [-0.05, 0) is 65.4 Å². The minimum Gasteiger partial charge on any atom is -0.494 e. The van der Waals surface area contributed by atoms with Gasteiger partial charge in [-0.2, -0.15) is 0 Å². The Hall–Kier alpha value is -3.22. The Labute approximate surface area is 189 Å². The zero-order valence-corrected chi connectivity index (χ0v) is 18.2. The molecule has 156 valence electrons. The normalized spacial score (nSPS) is 15.9. The maximum atomic E-state index is 12.3. The highest BCUT2D eigenvalue weighted by molar-refractivity contribution is 8.18. The molecule has 31 heavy (non-hydrogen) atoms. The molecule has 1 N–H and O–H groups in total. The molecule has 0 aliphatic carbocycles. The summed E-state index contributed by atoms with van der Waals surface area (Å²) in [5, 5.41) is 4.01. The average Bonchev–Trinajstić information content (AvgIpc) is 3.13. The number of amides is 1. The van der Waals surface area contributed by atoms with Crippen LogP contribution in [0.5, 0.6) is 11.5 Å². The van der Waals surface area contributed by atoms with Crippen molar-refractivity contribution in [2.75, 3.05) is 7.11 Å². The van der Waals surface area contributed by atoms with Gasteiger partial charge < -0.3 is 14.8 Å². The third-order valence-corrected chi connectivity index (χ3v) is 5.62. The lowest BCUT2D eigenvalue weighted by molar-refractivity contribution is -0.115. The van der Waals surface area contributed by atoms with Crippen molar-refractivity contribution >= 4 is 46.2 Å². The maximum Gasteiger partial charge on any atom is 0.264 e. The average molecular weight is 451 g/mol. The third-order valence-electron chi connectivity index (χ3n) is 4.45. The fourth-order valence-corrected chi connectivity index (χ4v) is 3.83. The van der Waals surface area contributed by atoms with Crippen LogP contribution >= 0.6 is 23.4 Å². The number of hydrogen-bond donors (Lipinski definition) is 1. The zero-order valence-electron chi connectivity index (χ0n) is 16.7. The van der Waals surface area contributed by atoms with Gasteiger partial charge in [-0.3, -0.25) is 4.79 Å². The summed E-state index contributed by atoms with van der Waals surface area (Å²) >= 11 is 7.19. The topological polar surface area (TPSA) is 59.9 Å². The lowest BCUT2D eigenvalue weighted by Gasteiger charge is -2.06. The highest BCUT2D eigenvalue weighted by atomic mass is 35.5. The van der Waals surface area contributed by atoms with Crippen LogP contribution < -0.4 is 14.8 Å². The van der Waals surface area contributed by atoms with E-state index in [1.807, 2.05) is 78.9 Å². The number of carbonyl (C=O) groups excluding carboxylic acids is 1. The first-order chi connectivity index (χ1) is 15.1. The number of carbonyl (C=O) groups is 1. The largest absolute Gasteiger partial charge is 0.494 e. The van der Waals surface area contributed by atoms with Gasteiger partial charge in [0.1, 0.15) is 23.8 Å². The fourth-order valence-electron chi connectivity index (χ4n) is 2.87. The van der Waals surface area contributed by atoms with Gasteiger partial charge in [0, 0.05) is 5.02 Å². The van der Waals surface area contributed by atoms with Gasteiger partial charge in [0.05, 0.1) is 12.0 Å². The van der Waals surface area contributed by atoms with Crippen molar-refractivity contribution in [3.05, 3.63) is 93.9 Å². The molecular weight excluding hydrogens is 432 g/mol. The number of ether oxygens (including phenoxy) is 2. The number of methoxy groups -OCH3 is 1. The summed E-state index contributed by atoms with van der Waals surface area (Å²) < 4.78 is 11.1. The smallest absolute Gasteiger partial charge is 0.264 e. The van der Waals surface area contributed by atoms with Crippen LogP contribution in [0.2, 0.25) is 5.02 Å². The monoisotopic (exact) mass is 450 g/mol. The predicted molar refractivity (Wildman–Crippen MR) is 126 cm³/mol. The summed E-state index contributed by atoms with van der Waals surface area (Å²) in [5.41, 5.74) is 2.60. The number of nitrogens with zero attached hydrogens (tertiary/aromatic N) is 1. The minimum absolute atomic E-state index is 0.179. The lowest BCUT2D eigenvalue weighted by Crippen LogP contribution is -2.19. The number of hydrogen-bond acceptors (Lipinski definition) is 5. The number of benzene rings is 3. The maximum absolute atomic E-state index is 12.3. The lowest BCUT2D eigenvalue weighted by atomic mass is 10.2. The van der Waals surface area contributed by atoms with E-state index < -0.39 is 0 Å². The van der Waals surface area contributed by atoms with Crippen LogP contribution in [0.3, 0.4) is 0 Å². The highest BCUT2D eigenvalue weighted by Crippen LogP contribution is 2.32. The second kappa shape index (κ2) is 9.73. The van der Waals surface area contributed by atoms with Crippen LogP contribution in [0, 0.1) is 0 Å². The summed E-state index contributed by atoms with van der Waals surface area (Å²) in [6.07, 6.45) is 1.83. The molecule has 4 rings (SSSR count). The van der Waals surface area contributed by atoms with Crippen molar-refractivity contribution in [3.8, 4) is 11.5 Å². The van der Waals surface area contributed by atoms with Crippen molar-refractivity contribution in [2.45, 2.75) is 6.61 Å². The van der Waals surface area contributed by atoms with Crippen LogP contribution in [-0.4, -0.2) is 18.2 Å². The van der Waals surface area contributed by atoms with Crippen molar-refractivity contribution in [1.82, 2.24) is 5.32 Å². The standard InChI is InChI=1S/C24H19ClN2O3S/c1-29-21-5-3-2-4-20(21)26-24-27-23(28)22(31-24)14-16-8-12-19(13-9-16)30-15-17-6-10-18(25)11-7-17/h2-14H,15H2,1H3,(H,26,27,28)/b22-14-. The van der Waals surface area contributed by atoms with Crippen LogP contribution in [0.1, 0.15) is 11.1 Å². The van der Waals surface area contributed by atoms with E-state index in [9.17, 15) is 4.79 Å².